The van der Waals surface area contributed by atoms with E-state index in [4.69, 9.17) is 0 Å². The minimum atomic E-state index is -0.582. The molecule has 2 heteroatoms. The molecular formula is C7H10F2. The zero-order chi connectivity index (χ0) is 7.28. The van der Waals surface area contributed by atoms with E-state index in [1.54, 1.807) is 13.8 Å². The first-order valence-electron chi connectivity index (χ1n) is 2.75. The van der Waals surface area contributed by atoms with Gasteiger partial charge in [0.1, 0.15) is 12.5 Å². The second kappa shape index (κ2) is 4.24. The number of rotatable bonds is 2. The lowest BCUT2D eigenvalue weighted by Crippen LogP contribution is -1.76. The van der Waals surface area contributed by atoms with Crippen LogP contribution < -0.4 is 0 Å². The molecule has 52 valence electrons. The molecule has 0 spiro atoms. The molecule has 9 heavy (non-hydrogen) atoms. The van der Waals surface area contributed by atoms with E-state index in [9.17, 15) is 8.78 Å². The van der Waals surface area contributed by atoms with Crippen molar-refractivity contribution in [2.24, 2.45) is 0 Å². The summed E-state index contributed by atoms with van der Waals surface area (Å²) in [6.45, 7) is 2.53. The van der Waals surface area contributed by atoms with Gasteiger partial charge in [0, 0.05) is 0 Å². The smallest absolute Gasteiger partial charge is 0.118 e. The second-order valence-corrected chi connectivity index (χ2v) is 1.80. The van der Waals surface area contributed by atoms with E-state index in [0.717, 1.165) is 0 Å². The minimum Gasteiger partial charge on any atom is -0.246 e. The highest BCUT2D eigenvalue weighted by Gasteiger charge is 1.88. The number of halogens is 2. The molecule has 0 saturated heterocycles. The van der Waals surface area contributed by atoms with Gasteiger partial charge in [0.05, 0.1) is 0 Å². The van der Waals surface area contributed by atoms with Crippen molar-refractivity contribution in [2.75, 3.05) is 6.67 Å². The summed E-state index contributed by atoms with van der Waals surface area (Å²) in [5.41, 5.74) is 0.408. The summed E-state index contributed by atoms with van der Waals surface area (Å²) >= 11 is 0. The van der Waals surface area contributed by atoms with E-state index in [-0.39, 0.29) is 5.83 Å². The maximum Gasteiger partial charge on any atom is 0.118 e. The Bertz CT molecular complexity index is 134. The van der Waals surface area contributed by atoms with Crippen molar-refractivity contribution in [3.8, 4) is 0 Å². The van der Waals surface area contributed by atoms with Crippen LogP contribution in [0.25, 0.3) is 0 Å². The first-order valence-corrected chi connectivity index (χ1v) is 2.75. The Hall–Kier alpha value is -0.660. The van der Waals surface area contributed by atoms with Crippen molar-refractivity contribution >= 4 is 0 Å². The Labute approximate surface area is 53.9 Å². The van der Waals surface area contributed by atoms with E-state index in [0.29, 0.717) is 5.57 Å². The summed E-state index contributed by atoms with van der Waals surface area (Å²) in [4.78, 5) is 0. The van der Waals surface area contributed by atoms with E-state index >= 15 is 0 Å². The fraction of sp³-hybridized carbons (Fsp3) is 0.429. The summed E-state index contributed by atoms with van der Waals surface area (Å²) in [6.07, 6.45) is 2.47. The molecule has 0 N–H and O–H groups in total. The normalized spacial score (nSPS) is 14.2. The highest BCUT2D eigenvalue weighted by molar-refractivity contribution is 5.15. The topological polar surface area (TPSA) is 0 Å². The molecule has 0 bridgehead atoms. The number of alkyl halides is 1. The second-order valence-electron chi connectivity index (χ2n) is 1.80. The third-order valence-electron chi connectivity index (χ3n) is 0.871. The number of hydrogen-bond donors (Lipinski definition) is 0. The molecule has 0 aromatic rings. The Morgan fingerprint density at radius 1 is 1.56 bits per heavy atom. The molecule has 0 nitrogen and oxygen atoms in total. The van der Waals surface area contributed by atoms with Gasteiger partial charge in [0.2, 0.25) is 0 Å². The number of allylic oxidation sites excluding steroid dienone is 4. The first kappa shape index (κ1) is 8.34. The maximum atomic E-state index is 12.2. The molecule has 0 saturated carbocycles. The molecule has 0 aliphatic carbocycles. The molecule has 0 heterocycles. The van der Waals surface area contributed by atoms with E-state index in [1.165, 1.54) is 12.2 Å². The van der Waals surface area contributed by atoms with Gasteiger partial charge in [-0.15, -0.1) is 0 Å². The van der Waals surface area contributed by atoms with Gasteiger partial charge >= 0.3 is 0 Å². The van der Waals surface area contributed by atoms with Crippen LogP contribution in [0.1, 0.15) is 13.8 Å². The standard InChI is InChI=1S/C7H10F2/c1-3-7(9)4-6(2)5-8/h3-4H,5H2,1-2H3/b6-4-,7-3+. The Kier molecular flexibility index (Phi) is 3.93. The van der Waals surface area contributed by atoms with Gasteiger partial charge in [-0.3, -0.25) is 0 Å². The molecule has 0 rings (SSSR count). The van der Waals surface area contributed by atoms with Gasteiger partial charge in [-0.1, -0.05) is 6.08 Å². The summed E-state index contributed by atoms with van der Waals surface area (Å²) in [5, 5.41) is 0. The third kappa shape index (κ3) is 3.88. The third-order valence-corrected chi connectivity index (χ3v) is 0.871. The monoisotopic (exact) mass is 132 g/mol. The lowest BCUT2D eigenvalue weighted by Gasteiger charge is -1.88. The van der Waals surface area contributed by atoms with E-state index < -0.39 is 6.67 Å². The van der Waals surface area contributed by atoms with Crippen LogP contribution in [-0.4, -0.2) is 6.67 Å². The van der Waals surface area contributed by atoms with Crippen molar-refractivity contribution < 1.29 is 8.78 Å². The fourth-order valence-electron chi connectivity index (χ4n) is 0.357. The molecular weight excluding hydrogens is 122 g/mol. The molecule has 0 aromatic carbocycles. The maximum absolute atomic E-state index is 12.2. The van der Waals surface area contributed by atoms with Crippen LogP contribution in [0.3, 0.4) is 0 Å². The van der Waals surface area contributed by atoms with Gasteiger partial charge in [-0.05, 0) is 25.5 Å². The lowest BCUT2D eigenvalue weighted by molar-refractivity contribution is 0.540. The Balaban J connectivity index is 3.95. The number of hydrogen-bond acceptors (Lipinski definition) is 0. The van der Waals surface area contributed by atoms with Crippen LogP contribution in [0.2, 0.25) is 0 Å². The van der Waals surface area contributed by atoms with Crippen LogP contribution in [0, 0.1) is 0 Å². The van der Waals surface area contributed by atoms with Crippen molar-refractivity contribution in [2.45, 2.75) is 13.8 Å². The summed E-state index contributed by atoms with van der Waals surface area (Å²) in [6, 6.07) is 0. The molecule has 0 aromatic heterocycles. The van der Waals surface area contributed by atoms with Gasteiger partial charge in [0.25, 0.3) is 0 Å². The molecule has 0 radical (unpaired) electrons. The van der Waals surface area contributed by atoms with Gasteiger partial charge in [-0.2, -0.15) is 0 Å². The summed E-state index contributed by atoms with van der Waals surface area (Å²) < 4.78 is 23.8. The van der Waals surface area contributed by atoms with Crippen molar-refractivity contribution in [3.63, 3.8) is 0 Å². The zero-order valence-corrected chi connectivity index (χ0v) is 5.62. The van der Waals surface area contributed by atoms with Crippen LogP contribution in [0.4, 0.5) is 8.78 Å². The van der Waals surface area contributed by atoms with Crippen molar-refractivity contribution in [1.29, 1.82) is 0 Å². The van der Waals surface area contributed by atoms with E-state index in [1.807, 2.05) is 0 Å². The van der Waals surface area contributed by atoms with Crippen molar-refractivity contribution in [1.82, 2.24) is 0 Å². The molecule has 0 fully saturated rings. The summed E-state index contributed by atoms with van der Waals surface area (Å²) in [7, 11) is 0. The average Bonchev–Trinajstić information content (AvgIpc) is 1.87. The van der Waals surface area contributed by atoms with Crippen LogP contribution in [0.15, 0.2) is 23.6 Å². The predicted molar refractivity (Wildman–Crippen MR) is 34.6 cm³/mol. The van der Waals surface area contributed by atoms with Crippen molar-refractivity contribution in [3.05, 3.63) is 23.6 Å². The average molecular weight is 132 g/mol. The van der Waals surface area contributed by atoms with Gasteiger partial charge in [0.15, 0.2) is 0 Å². The van der Waals surface area contributed by atoms with Crippen LogP contribution >= 0.6 is 0 Å². The summed E-state index contributed by atoms with van der Waals surface area (Å²) in [5.74, 6) is -0.384. The molecule has 0 unspecified atom stereocenters. The van der Waals surface area contributed by atoms with Gasteiger partial charge < -0.3 is 0 Å². The highest BCUT2D eigenvalue weighted by atomic mass is 19.1. The highest BCUT2D eigenvalue weighted by Crippen LogP contribution is 2.02. The Morgan fingerprint density at radius 3 is 2.44 bits per heavy atom. The molecule has 0 atom stereocenters. The largest absolute Gasteiger partial charge is 0.246 e. The van der Waals surface area contributed by atoms with Crippen LogP contribution in [-0.2, 0) is 0 Å². The molecule has 0 aliphatic rings. The molecule has 0 aliphatic heterocycles. The minimum absolute atomic E-state index is 0.384. The zero-order valence-electron chi connectivity index (χ0n) is 5.62. The Morgan fingerprint density at radius 2 is 2.11 bits per heavy atom. The SMILES string of the molecule is C/C=C(F)\C=C(\C)CF. The molecule has 0 amide bonds. The van der Waals surface area contributed by atoms with Gasteiger partial charge in [-0.25, -0.2) is 8.78 Å². The first-order chi connectivity index (χ1) is 4.20. The van der Waals surface area contributed by atoms with Crippen LogP contribution in [0.5, 0.6) is 0 Å². The quantitative estimate of drug-likeness (QED) is 0.507. The lowest BCUT2D eigenvalue weighted by atomic mass is 10.3. The predicted octanol–water partition coefficient (Wildman–Crippen LogP) is 2.78. The van der Waals surface area contributed by atoms with E-state index in [2.05, 4.69) is 0 Å². The fourth-order valence-corrected chi connectivity index (χ4v) is 0.357.